The van der Waals surface area contributed by atoms with Gasteiger partial charge in [0.15, 0.2) is 12.4 Å². The van der Waals surface area contributed by atoms with Crippen molar-refractivity contribution in [3.05, 3.63) is 34.9 Å². The van der Waals surface area contributed by atoms with E-state index >= 15 is 0 Å². The molecule has 1 aliphatic rings. The first-order valence-corrected chi connectivity index (χ1v) is 9.40. The molecule has 6 nitrogen and oxygen atoms in total. The number of esters is 1. The summed E-state index contributed by atoms with van der Waals surface area (Å²) in [6.07, 6.45) is 1.95. The average molecular weight is 360 g/mol. The van der Waals surface area contributed by atoms with E-state index in [9.17, 15) is 18.0 Å². The highest BCUT2D eigenvalue weighted by molar-refractivity contribution is 7.88. The minimum Gasteiger partial charge on any atom is -0.457 e. The van der Waals surface area contributed by atoms with Gasteiger partial charge in [-0.2, -0.15) is 0 Å². The lowest BCUT2D eigenvalue weighted by Crippen LogP contribution is -2.40. The number of piperidine rings is 1. The van der Waals surface area contributed by atoms with Crippen molar-refractivity contribution in [1.29, 1.82) is 0 Å². The summed E-state index contributed by atoms with van der Waals surface area (Å²) in [5.41, 5.74) is 0.386. The third-order valence-electron chi connectivity index (χ3n) is 3.75. The maximum absolute atomic E-state index is 12.0. The molecule has 0 radical (unpaired) electrons. The quantitative estimate of drug-likeness (QED) is 0.591. The molecule has 0 aliphatic carbocycles. The summed E-state index contributed by atoms with van der Waals surface area (Å²) in [6, 6.07) is 6.42. The SMILES string of the molecule is CS(=O)(=O)N1CCC(C(=O)OCC(=O)c2cccc(Cl)c2)CC1. The van der Waals surface area contributed by atoms with Crippen molar-refractivity contribution < 1.29 is 22.7 Å². The van der Waals surface area contributed by atoms with Gasteiger partial charge in [0, 0.05) is 23.7 Å². The molecule has 1 heterocycles. The standard InChI is InChI=1S/C15H18ClNO5S/c1-23(20,21)17-7-5-11(6-8-17)15(19)22-10-14(18)12-3-2-4-13(16)9-12/h2-4,9,11H,5-8,10H2,1H3. The monoisotopic (exact) mass is 359 g/mol. The second-order valence-corrected chi connectivity index (χ2v) is 7.90. The molecule has 23 heavy (non-hydrogen) atoms. The maximum atomic E-state index is 12.0. The van der Waals surface area contributed by atoms with E-state index in [0.29, 0.717) is 36.5 Å². The number of ether oxygens (including phenoxy) is 1. The number of halogens is 1. The normalized spacial score (nSPS) is 17.0. The number of carbonyl (C=O) groups is 2. The zero-order valence-electron chi connectivity index (χ0n) is 12.7. The zero-order valence-corrected chi connectivity index (χ0v) is 14.3. The number of hydrogen-bond donors (Lipinski definition) is 0. The fraction of sp³-hybridized carbons (Fsp3) is 0.467. The highest BCUT2D eigenvalue weighted by Crippen LogP contribution is 2.20. The van der Waals surface area contributed by atoms with Crippen molar-refractivity contribution in [2.45, 2.75) is 12.8 Å². The molecule has 0 spiro atoms. The van der Waals surface area contributed by atoms with Crippen molar-refractivity contribution in [2.24, 2.45) is 5.92 Å². The molecule has 0 saturated carbocycles. The van der Waals surface area contributed by atoms with E-state index in [-0.39, 0.29) is 18.3 Å². The van der Waals surface area contributed by atoms with Crippen LogP contribution in [0.5, 0.6) is 0 Å². The predicted octanol–water partition coefficient (Wildman–Crippen LogP) is 1.74. The van der Waals surface area contributed by atoms with E-state index in [4.69, 9.17) is 16.3 Å². The Labute approximate surface area is 140 Å². The summed E-state index contributed by atoms with van der Waals surface area (Å²) >= 11 is 5.81. The number of sulfonamides is 1. The molecule has 0 bridgehead atoms. The molecule has 0 atom stereocenters. The van der Waals surface area contributed by atoms with Gasteiger partial charge in [-0.25, -0.2) is 12.7 Å². The molecule has 0 unspecified atom stereocenters. The van der Waals surface area contributed by atoms with E-state index in [1.807, 2.05) is 0 Å². The molecule has 1 aromatic carbocycles. The topological polar surface area (TPSA) is 80.8 Å². The number of rotatable bonds is 5. The first-order valence-electron chi connectivity index (χ1n) is 7.18. The number of hydrogen-bond acceptors (Lipinski definition) is 5. The van der Waals surface area contributed by atoms with E-state index < -0.39 is 16.0 Å². The van der Waals surface area contributed by atoms with Gasteiger partial charge in [-0.15, -0.1) is 0 Å². The van der Waals surface area contributed by atoms with E-state index in [1.165, 1.54) is 10.4 Å². The number of ketones is 1. The van der Waals surface area contributed by atoms with Gasteiger partial charge in [0.05, 0.1) is 12.2 Å². The third kappa shape index (κ3) is 5.02. The second kappa shape index (κ2) is 7.42. The van der Waals surface area contributed by atoms with Crippen LogP contribution in [-0.2, 0) is 19.6 Å². The lowest BCUT2D eigenvalue weighted by molar-refractivity contribution is -0.148. The fourth-order valence-corrected chi connectivity index (χ4v) is 3.49. The number of nitrogens with zero attached hydrogens (tertiary/aromatic N) is 1. The van der Waals surface area contributed by atoms with Crippen molar-refractivity contribution in [3.8, 4) is 0 Å². The molecule has 126 valence electrons. The molecule has 1 saturated heterocycles. The predicted molar refractivity (Wildman–Crippen MR) is 85.9 cm³/mol. The minimum atomic E-state index is -3.23. The Bertz CT molecular complexity index is 696. The second-order valence-electron chi connectivity index (χ2n) is 5.48. The van der Waals surface area contributed by atoms with Crippen molar-refractivity contribution >= 4 is 33.4 Å². The number of Topliss-reactive ketones (excluding diaryl/α,β-unsaturated/α-hetero) is 1. The van der Waals surface area contributed by atoms with Crippen molar-refractivity contribution in [3.63, 3.8) is 0 Å². The molecule has 1 aliphatic heterocycles. The smallest absolute Gasteiger partial charge is 0.309 e. The van der Waals surface area contributed by atoms with Crippen LogP contribution in [0.2, 0.25) is 5.02 Å². The average Bonchev–Trinajstić information content (AvgIpc) is 2.51. The zero-order chi connectivity index (χ0) is 17.0. The summed E-state index contributed by atoms with van der Waals surface area (Å²) in [4.78, 5) is 23.9. The molecule has 0 N–H and O–H groups in total. The molecule has 0 aromatic heterocycles. The van der Waals surface area contributed by atoms with E-state index in [1.54, 1.807) is 18.2 Å². The summed E-state index contributed by atoms with van der Waals surface area (Å²) in [5.74, 6) is -1.16. The van der Waals surface area contributed by atoms with Gasteiger partial charge in [0.2, 0.25) is 10.0 Å². The van der Waals surface area contributed by atoms with E-state index in [2.05, 4.69) is 0 Å². The van der Waals surface area contributed by atoms with Crippen LogP contribution in [0, 0.1) is 5.92 Å². The van der Waals surface area contributed by atoms with Crippen LogP contribution >= 0.6 is 11.6 Å². The molecular weight excluding hydrogens is 342 g/mol. The molecule has 1 fully saturated rings. The van der Waals surface area contributed by atoms with Gasteiger partial charge in [-0.1, -0.05) is 23.7 Å². The van der Waals surface area contributed by atoms with E-state index in [0.717, 1.165) is 6.26 Å². The Morgan fingerprint density at radius 3 is 2.52 bits per heavy atom. The van der Waals surface area contributed by atoms with Crippen LogP contribution in [-0.4, -0.2) is 50.4 Å². The summed E-state index contributed by atoms with van der Waals surface area (Å²) in [6.45, 7) is 0.243. The Kier molecular flexibility index (Phi) is 5.78. The molecule has 8 heteroatoms. The van der Waals surface area contributed by atoms with Gasteiger partial charge < -0.3 is 4.74 Å². The Balaban J connectivity index is 1.83. The summed E-state index contributed by atoms with van der Waals surface area (Å²) in [5, 5.41) is 0.440. The fourth-order valence-electron chi connectivity index (χ4n) is 2.42. The van der Waals surface area contributed by atoms with Crippen LogP contribution in [0.25, 0.3) is 0 Å². The molecular formula is C15H18ClNO5S. The largest absolute Gasteiger partial charge is 0.457 e. The van der Waals surface area contributed by atoms with Gasteiger partial charge in [0.25, 0.3) is 0 Å². The third-order valence-corrected chi connectivity index (χ3v) is 5.29. The Morgan fingerprint density at radius 2 is 1.96 bits per heavy atom. The first-order chi connectivity index (χ1) is 10.8. The lowest BCUT2D eigenvalue weighted by atomic mass is 9.98. The summed E-state index contributed by atoms with van der Waals surface area (Å²) < 4.78 is 29.2. The Hall–Kier alpha value is -1.44. The number of benzene rings is 1. The Morgan fingerprint density at radius 1 is 1.30 bits per heavy atom. The highest BCUT2D eigenvalue weighted by atomic mass is 35.5. The molecule has 1 aromatic rings. The molecule has 0 amide bonds. The summed E-state index contributed by atoms with van der Waals surface area (Å²) in [7, 11) is -3.23. The number of carbonyl (C=O) groups excluding carboxylic acids is 2. The minimum absolute atomic E-state index is 0.292. The van der Waals surface area contributed by atoms with Crippen LogP contribution in [0.3, 0.4) is 0 Å². The van der Waals surface area contributed by atoms with Crippen LogP contribution in [0.1, 0.15) is 23.2 Å². The van der Waals surface area contributed by atoms with Crippen molar-refractivity contribution in [1.82, 2.24) is 4.31 Å². The maximum Gasteiger partial charge on any atom is 0.309 e. The lowest BCUT2D eigenvalue weighted by Gasteiger charge is -2.28. The van der Waals surface area contributed by atoms with Crippen molar-refractivity contribution in [2.75, 3.05) is 26.0 Å². The van der Waals surface area contributed by atoms with Crippen LogP contribution < -0.4 is 0 Å². The van der Waals surface area contributed by atoms with Gasteiger partial charge in [0.1, 0.15) is 0 Å². The van der Waals surface area contributed by atoms with Crippen LogP contribution in [0.4, 0.5) is 0 Å². The van der Waals surface area contributed by atoms with Crippen LogP contribution in [0.15, 0.2) is 24.3 Å². The van der Waals surface area contributed by atoms with Gasteiger partial charge >= 0.3 is 5.97 Å². The molecule has 2 rings (SSSR count). The van der Waals surface area contributed by atoms with Gasteiger partial charge in [-0.3, -0.25) is 9.59 Å². The van der Waals surface area contributed by atoms with Gasteiger partial charge in [-0.05, 0) is 25.0 Å². The highest BCUT2D eigenvalue weighted by Gasteiger charge is 2.30. The first kappa shape index (κ1) is 17.9.